The molecule has 0 aliphatic carbocycles. The predicted octanol–water partition coefficient (Wildman–Crippen LogP) is 5.26. The van der Waals surface area contributed by atoms with E-state index in [-0.39, 0.29) is 10.0 Å². The van der Waals surface area contributed by atoms with Crippen molar-refractivity contribution in [3.8, 4) is 11.1 Å². The Morgan fingerprint density at radius 2 is 1.63 bits per heavy atom. The smallest absolute Gasteiger partial charge is 0.399 e. The lowest BCUT2D eigenvalue weighted by molar-refractivity contribution is -0.137. The van der Waals surface area contributed by atoms with Gasteiger partial charge in [-0.25, -0.2) is 0 Å². The second-order valence-electron chi connectivity index (χ2n) is 3.97. The van der Waals surface area contributed by atoms with Crippen LogP contribution >= 0.6 is 23.2 Å². The summed E-state index contributed by atoms with van der Waals surface area (Å²) in [6, 6.07) is 7.90. The fraction of sp³-hybridized carbons (Fsp3) is 0.0769. The average molecular weight is 306 g/mol. The number of nitrogens with two attached hydrogens (primary N) is 1. The van der Waals surface area contributed by atoms with Crippen molar-refractivity contribution < 1.29 is 13.2 Å². The van der Waals surface area contributed by atoms with E-state index in [9.17, 15) is 13.2 Å². The maximum atomic E-state index is 12.7. The van der Waals surface area contributed by atoms with Crippen molar-refractivity contribution in [2.24, 2.45) is 0 Å². The molecule has 2 aromatic rings. The van der Waals surface area contributed by atoms with Gasteiger partial charge >= 0.3 is 6.18 Å². The molecule has 0 aliphatic heterocycles. The van der Waals surface area contributed by atoms with Crippen LogP contribution in [0.1, 0.15) is 5.56 Å². The van der Waals surface area contributed by atoms with Crippen molar-refractivity contribution in [1.29, 1.82) is 0 Å². The van der Waals surface area contributed by atoms with Crippen LogP contribution in [-0.2, 0) is 6.18 Å². The first-order valence-corrected chi connectivity index (χ1v) is 5.96. The van der Waals surface area contributed by atoms with Gasteiger partial charge in [0.05, 0.1) is 10.6 Å². The Kier molecular flexibility index (Phi) is 3.65. The van der Waals surface area contributed by atoms with E-state index in [0.717, 1.165) is 12.1 Å². The van der Waals surface area contributed by atoms with Crippen molar-refractivity contribution in [3.63, 3.8) is 0 Å². The standard InChI is InChI=1S/C13H8Cl2F3N/c14-9-4-7(3-8(5-9)13(16,17)18)11-2-1-10(19)6-12(11)15/h1-6H,19H2. The number of rotatable bonds is 1. The Morgan fingerprint density at radius 1 is 0.947 bits per heavy atom. The first kappa shape index (κ1) is 14.0. The molecule has 0 aromatic heterocycles. The summed E-state index contributed by atoms with van der Waals surface area (Å²) in [4.78, 5) is 0. The molecule has 1 nitrogen and oxygen atoms in total. The summed E-state index contributed by atoms with van der Waals surface area (Å²) >= 11 is 11.7. The van der Waals surface area contributed by atoms with E-state index in [4.69, 9.17) is 28.9 Å². The van der Waals surface area contributed by atoms with Crippen LogP contribution < -0.4 is 5.73 Å². The van der Waals surface area contributed by atoms with E-state index in [0.29, 0.717) is 16.8 Å². The third-order valence-electron chi connectivity index (χ3n) is 2.53. The molecule has 0 aliphatic rings. The monoisotopic (exact) mass is 305 g/mol. The molecule has 2 rings (SSSR count). The zero-order chi connectivity index (χ0) is 14.2. The summed E-state index contributed by atoms with van der Waals surface area (Å²) in [5, 5.41) is 0.271. The highest BCUT2D eigenvalue weighted by Crippen LogP contribution is 2.37. The highest BCUT2D eigenvalue weighted by molar-refractivity contribution is 6.34. The van der Waals surface area contributed by atoms with E-state index < -0.39 is 11.7 Å². The maximum Gasteiger partial charge on any atom is 0.416 e. The molecule has 0 saturated carbocycles. The van der Waals surface area contributed by atoms with Gasteiger partial charge in [-0.3, -0.25) is 0 Å². The zero-order valence-corrected chi connectivity index (χ0v) is 10.9. The van der Waals surface area contributed by atoms with E-state index >= 15 is 0 Å². The van der Waals surface area contributed by atoms with Crippen LogP contribution in [0, 0.1) is 0 Å². The molecule has 0 spiro atoms. The minimum atomic E-state index is -4.46. The predicted molar refractivity (Wildman–Crippen MR) is 71.3 cm³/mol. The molecule has 2 aromatic carbocycles. The molecule has 0 radical (unpaired) electrons. The van der Waals surface area contributed by atoms with E-state index in [1.165, 1.54) is 12.1 Å². The Hall–Kier alpha value is -1.39. The molecule has 0 fully saturated rings. The SMILES string of the molecule is Nc1ccc(-c2cc(Cl)cc(C(F)(F)F)c2)c(Cl)c1. The van der Waals surface area contributed by atoms with Gasteiger partial charge in [-0.2, -0.15) is 13.2 Å². The van der Waals surface area contributed by atoms with E-state index in [1.807, 2.05) is 0 Å². The molecule has 0 heterocycles. The molecular weight excluding hydrogens is 298 g/mol. The number of hydrogen-bond acceptors (Lipinski definition) is 1. The Bertz CT molecular complexity index is 624. The molecule has 0 bridgehead atoms. The largest absolute Gasteiger partial charge is 0.416 e. The van der Waals surface area contributed by atoms with Gasteiger partial charge in [0.15, 0.2) is 0 Å². The van der Waals surface area contributed by atoms with Crippen molar-refractivity contribution in [2.45, 2.75) is 6.18 Å². The van der Waals surface area contributed by atoms with Crippen LogP contribution in [-0.4, -0.2) is 0 Å². The molecule has 0 saturated heterocycles. The lowest BCUT2D eigenvalue weighted by atomic mass is 10.0. The number of halogens is 5. The number of alkyl halides is 3. The second-order valence-corrected chi connectivity index (χ2v) is 4.81. The summed E-state index contributed by atoms with van der Waals surface area (Å²) in [6.45, 7) is 0. The summed E-state index contributed by atoms with van der Waals surface area (Å²) in [7, 11) is 0. The second kappa shape index (κ2) is 4.94. The highest BCUT2D eigenvalue weighted by Gasteiger charge is 2.31. The van der Waals surface area contributed by atoms with Crippen LogP contribution in [0.3, 0.4) is 0 Å². The molecule has 100 valence electrons. The quantitative estimate of drug-likeness (QED) is 0.714. The average Bonchev–Trinajstić information content (AvgIpc) is 2.26. The topological polar surface area (TPSA) is 26.0 Å². The fourth-order valence-electron chi connectivity index (χ4n) is 1.67. The van der Waals surface area contributed by atoms with Gasteiger partial charge in [-0.1, -0.05) is 29.3 Å². The van der Waals surface area contributed by atoms with Crippen LogP contribution in [0.4, 0.5) is 18.9 Å². The molecule has 2 N–H and O–H groups in total. The van der Waals surface area contributed by atoms with Crippen LogP contribution in [0.2, 0.25) is 10.0 Å². The van der Waals surface area contributed by atoms with E-state index in [2.05, 4.69) is 0 Å². The van der Waals surface area contributed by atoms with Crippen molar-refractivity contribution >= 4 is 28.9 Å². The lowest BCUT2D eigenvalue weighted by Gasteiger charge is -2.11. The molecular formula is C13H8Cl2F3N. The minimum absolute atomic E-state index is 0.00211. The normalized spacial score (nSPS) is 11.6. The van der Waals surface area contributed by atoms with Crippen LogP contribution in [0.15, 0.2) is 36.4 Å². The molecule has 0 atom stereocenters. The van der Waals surface area contributed by atoms with Gasteiger partial charge in [-0.05, 0) is 35.9 Å². The van der Waals surface area contributed by atoms with Crippen LogP contribution in [0.5, 0.6) is 0 Å². The van der Waals surface area contributed by atoms with Gasteiger partial charge in [0.1, 0.15) is 0 Å². The van der Waals surface area contributed by atoms with Crippen molar-refractivity contribution in [2.75, 3.05) is 5.73 Å². The summed E-state index contributed by atoms with van der Waals surface area (Å²) < 4.78 is 38.1. The van der Waals surface area contributed by atoms with Gasteiger partial charge in [0, 0.05) is 16.3 Å². The van der Waals surface area contributed by atoms with Gasteiger partial charge in [0.25, 0.3) is 0 Å². The van der Waals surface area contributed by atoms with Crippen molar-refractivity contribution in [1.82, 2.24) is 0 Å². The van der Waals surface area contributed by atoms with E-state index in [1.54, 1.807) is 12.1 Å². The number of anilines is 1. The molecule has 0 amide bonds. The van der Waals surface area contributed by atoms with Crippen LogP contribution in [0.25, 0.3) is 11.1 Å². The summed E-state index contributed by atoms with van der Waals surface area (Å²) in [5.74, 6) is 0. The fourth-order valence-corrected chi connectivity index (χ4v) is 2.21. The van der Waals surface area contributed by atoms with Gasteiger partial charge in [-0.15, -0.1) is 0 Å². The summed E-state index contributed by atoms with van der Waals surface area (Å²) in [5.41, 5.74) is 5.91. The van der Waals surface area contributed by atoms with Gasteiger partial charge in [0.2, 0.25) is 0 Å². The molecule has 0 unspecified atom stereocenters. The third kappa shape index (κ3) is 3.14. The number of benzene rings is 2. The lowest BCUT2D eigenvalue weighted by Crippen LogP contribution is -2.04. The Balaban J connectivity index is 2.59. The number of hydrogen-bond donors (Lipinski definition) is 1. The third-order valence-corrected chi connectivity index (χ3v) is 3.06. The Morgan fingerprint density at radius 3 is 2.21 bits per heavy atom. The maximum absolute atomic E-state index is 12.7. The first-order chi connectivity index (χ1) is 8.77. The van der Waals surface area contributed by atoms with Gasteiger partial charge < -0.3 is 5.73 Å². The molecule has 6 heteroatoms. The first-order valence-electron chi connectivity index (χ1n) is 5.20. The summed E-state index contributed by atoms with van der Waals surface area (Å²) in [6.07, 6.45) is -4.46. The highest BCUT2D eigenvalue weighted by atomic mass is 35.5. The van der Waals surface area contributed by atoms with Crippen molar-refractivity contribution in [3.05, 3.63) is 52.0 Å². The zero-order valence-electron chi connectivity index (χ0n) is 9.43. The minimum Gasteiger partial charge on any atom is -0.399 e. The number of nitrogen functional groups attached to an aromatic ring is 1. The molecule has 19 heavy (non-hydrogen) atoms. The Labute approximate surface area is 117 Å².